The molecule has 0 radical (unpaired) electrons. The average molecular weight is 276 g/mol. The van der Waals surface area contributed by atoms with Crippen LogP contribution in [-0.2, 0) is 6.54 Å². The molecule has 108 valence electrons. The third-order valence-corrected chi connectivity index (χ3v) is 2.77. The van der Waals surface area contributed by atoms with E-state index >= 15 is 0 Å². The summed E-state index contributed by atoms with van der Waals surface area (Å²) in [4.78, 5) is 12.4. The number of methoxy groups -OCH3 is 1. The van der Waals surface area contributed by atoms with Gasteiger partial charge in [-0.05, 0) is 6.42 Å². The van der Waals surface area contributed by atoms with Crippen molar-refractivity contribution in [1.29, 1.82) is 0 Å². The number of nitrogens with zero attached hydrogens (tertiary/aromatic N) is 4. The number of aromatic nitrogens is 4. The van der Waals surface area contributed by atoms with E-state index in [1.165, 1.54) is 6.33 Å². The van der Waals surface area contributed by atoms with Gasteiger partial charge in [0.2, 0.25) is 5.75 Å². The molecule has 7 nitrogen and oxygen atoms in total. The summed E-state index contributed by atoms with van der Waals surface area (Å²) >= 11 is 0. The standard InChI is InChI=1S/C13H20N6O/c1-3-4-15-12-11(20-2)13(18-9-17-12)16-6-8-19-7-5-14-10-19/h5,7,9-10H,3-4,6,8H2,1-2H3,(H2,15,16,17,18). The molecule has 0 saturated carbocycles. The third kappa shape index (κ3) is 3.59. The van der Waals surface area contributed by atoms with Crippen molar-refractivity contribution in [3.05, 3.63) is 25.0 Å². The summed E-state index contributed by atoms with van der Waals surface area (Å²) in [5, 5.41) is 6.48. The van der Waals surface area contributed by atoms with Crippen molar-refractivity contribution in [2.45, 2.75) is 19.9 Å². The Hall–Kier alpha value is -2.31. The molecule has 0 saturated heterocycles. The third-order valence-electron chi connectivity index (χ3n) is 2.77. The Morgan fingerprint density at radius 1 is 1.20 bits per heavy atom. The minimum absolute atomic E-state index is 0.645. The van der Waals surface area contributed by atoms with Crippen LogP contribution in [0.15, 0.2) is 25.0 Å². The topological polar surface area (TPSA) is 76.9 Å². The molecule has 2 N–H and O–H groups in total. The normalized spacial score (nSPS) is 10.3. The van der Waals surface area contributed by atoms with Crippen molar-refractivity contribution in [2.75, 3.05) is 30.8 Å². The smallest absolute Gasteiger partial charge is 0.204 e. The summed E-state index contributed by atoms with van der Waals surface area (Å²) in [5.74, 6) is 2.06. The van der Waals surface area contributed by atoms with Crippen LogP contribution in [0.25, 0.3) is 0 Å². The molecule has 0 aromatic carbocycles. The van der Waals surface area contributed by atoms with Crippen molar-refractivity contribution >= 4 is 11.6 Å². The molecule has 0 aliphatic rings. The highest BCUT2D eigenvalue weighted by atomic mass is 16.5. The van der Waals surface area contributed by atoms with E-state index in [9.17, 15) is 0 Å². The number of hydrogen-bond donors (Lipinski definition) is 2. The fourth-order valence-corrected chi connectivity index (χ4v) is 1.78. The van der Waals surface area contributed by atoms with Crippen molar-refractivity contribution in [1.82, 2.24) is 19.5 Å². The van der Waals surface area contributed by atoms with Gasteiger partial charge in [0, 0.05) is 32.0 Å². The SMILES string of the molecule is CCCNc1ncnc(NCCn2ccnc2)c1OC. The molecule has 2 aromatic rings. The molecule has 0 amide bonds. The van der Waals surface area contributed by atoms with Gasteiger partial charge >= 0.3 is 0 Å². The van der Waals surface area contributed by atoms with Gasteiger partial charge in [0.15, 0.2) is 11.6 Å². The Kier molecular flexibility index (Phi) is 5.16. The first kappa shape index (κ1) is 14.1. The Morgan fingerprint density at radius 2 is 1.95 bits per heavy atom. The minimum atomic E-state index is 0.645. The first-order valence-electron chi connectivity index (χ1n) is 6.67. The zero-order chi connectivity index (χ0) is 14.2. The molecule has 2 aromatic heterocycles. The largest absolute Gasteiger partial charge is 0.490 e. The quantitative estimate of drug-likeness (QED) is 0.763. The lowest BCUT2D eigenvalue weighted by Crippen LogP contribution is -2.13. The van der Waals surface area contributed by atoms with Crippen LogP contribution in [0.1, 0.15) is 13.3 Å². The second-order valence-electron chi connectivity index (χ2n) is 4.26. The maximum atomic E-state index is 5.39. The van der Waals surface area contributed by atoms with E-state index in [4.69, 9.17) is 4.74 Å². The first-order valence-corrected chi connectivity index (χ1v) is 6.67. The molecule has 0 spiro atoms. The predicted molar refractivity (Wildman–Crippen MR) is 78.1 cm³/mol. The maximum Gasteiger partial charge on any atom is 0.204 e. The highest BCUT2D eigenvalue weighted by molar-refractivity contribution is 5.63. The summed E-state index contributed by atoms with van der Waals surface area (Å²) < 4.78 is 7.39. The van der Waals surface area contributed by atoms with Crippen LogP contribution in [-0.4, -0.2) is 39.7 Å². The van der Waals surface area contributed by atoms with Crippen LogP contribution in [0.2, 0.25) is 0 Å². The molecule has 0 aliphatic heterocycles. The Bertz CT molecular complexity index is 514. The average Bonchev–Trinajstić information content (AvgIpc) is 2.98. The fraction of sp³-hybridized carbons (Fsp3) is 0.462. The zero-order valence-corrected chi connectivity index (χ0v) is 11.8. The Balaban J connectivity index is 1.99. The lowest BCUT2D eigenvalue weighted by atomic mass is 10.4. The van der Waals surface area contributed by atoms with Crippen LogP contribution >= 0.6 is 0 Å². The monoisotopic (exact) mass is 276 g/mol. The van der Waals surface area contributed by atoms with Gasteiger partial charge in [-0.3, -0.25) is 0 Å². The van der Waals surface area contributed by atoms with E-state index in [0.29, 0.717) is 11.6 Å². The highest BCUT2D eigenvalue weighted by Crippen LogP contribution is 2.28. The summed E-state index contributed by atoms with van der Waals surface area (Å²) in [7, 11) is 1.62. The van der Waals surface area contributed by atoms with Crippen LogP contribution in [0.5, 0.6) is 5.75 Å². The number of imidazole rings is 1. The van der Waals surface area contributed by atoms with Crippen LogP contribution < -0.4 is 15.4 Å². The van der Waals surface area contributed by atoms with E-state index in [-0.39, 0.29) is 0 Å². The van der Waals surface area contributed by atoms with Crippen molar-refractivity contribution in [3.63, 3.8) is 0 Å². The van der Waals surface area contributed by atoms with Crippen molar-refractivity contribution in [2.24, 2.45) is 0 Å². The van der Waals surface area contributed by atoms with Gasteiger partial charge in [0.1, 0.15) is 6.33 Å². The molecule has 0 fully saturated rings. The lowest BCUT2D eigenvalue weighted by molar-refractivity contribution is 0.414. The molecule has 2 rings (SSSR count). The number of nitrogens with one attached hydrogen (secondary N) is 2. The number of hydrogen-bond acceptors (Lipinski definition) is 6. The maximum absolute atomic E-state index is 5.39. The summed E-state index contributed by atoms with van der Waals surface area (Å²) in [6.45, 7) is 4.49. The van der Waals surface area contributed by atoms with Crippen LogP contribution in [0, 0.1) is 0 Å². The molecular weight excluding hydrogens is 256 g/mol. The lowest BCUT2D eigenvalue weighted by Gasteiger charge is -2.14. The molecule has 0 aliphatic carbocycles. The van der Waals surface area contributed by atoms with E-state index in [2.05, 4.69) is 32.5 Å². The van der Waals surface area contributed by atoms with E-state index < -0.39 is 0 Å². The van der Waals surface area contributed by atoms with Crippen molar-refractivity contribution in [3.8, 4) is 5.75 Å². The van der Waals surface area contributed by atoms with Gasteiger partial charge in [-0.1, -0.05) is 6.92 Å². The Labute approximate surface area is 118 Å². The van der Waals surface area contributed by atoms with Gasteiger partial charge in [0.25, 0.3) is 0 Å². The molecule has 0 atom stereocenters. The van der Waals surface area contributed by atoms with E-state index in [1.807, 2.05) is 10.8 Å². The number of rotatable bonds is 8. The predicted octanol–water partition coefficient (Wildman–Crippen LogP) is 1.62. The molecule has 0 bridgehead atoms. The van der Waals surface area contributed by atoms with E-state index in [1.54, 1.807) is 19.6 Å². The second kappa shape index (κ2) is 7.32. The fourth-order valence-electron chi connectivity index (χ4n) is 1.78. The Morgan fingerprint density at radius 3 is 2.55 bits per heavy atom. The zero-order valence-electron chi connectivity index (χ0n) is 11.8. The number of ether oxygens (including phenoxy) is 1. The summed E-state index contributed by atoms with van der Waals surface area (Å²) in [6, 6.07) is 0. The molecule has 20 heavy (non-hydrogen) atoms. The number of anilines is 2. The molecule has 0 unspecified atom stereocenters. The molecule has 7 heteroatoms. The van der Waals surface area contributed by atoms with Crippen molar-refractivity contribution < 1.29 is 4.74 Å². The van der Waals surface area contributed by atoms with Crippen LogP contribution in [0.3, 0.4) is 0 Å². The summed E-state index contributed by atoms with van der Waals surface area (Å²) in [5.41, 5.74) is 0. The van der Waals surface area contributed by atoms with Crippen LogP contribution in [0.4, 0.5) is 11.6 Å². The highest BCUT2D eigenvalue weighted by Gasteiger charge is 2.11. The van der Waals surface area contributed by atoms with Gasteiger partial charge in [0.05, 0.1) is 13.4 Å². The summed E-state index contributed by atoms with van der Waals surface area (Å²) in [6.07, 6.45) is 8.02. The van der Waals surface area contributed by atoms with E-state index in [0.717, 1.165) is 31.9 Å². The minimum Gasteiger partial charge on any atom is -0.490 e. The molecular formula is C13H20N6O. The van der Waals surface area contributed by atoms with Gasteiger partial charge in [-0.2, -0.15) is 0 Å². The van der Waals surface area contributed by atoms with Gasteiger partial charge in [-0.15, -0.1) is 0 Å². The second-order valence-corrected chi connectivity index (χ2v) is 4.26. The van der Waals surface area contributed by atoms with Gasteiger partial charge < -0.3 is 19.9 Å². The molecule has 2 heterocycles. The first-order chi connectivity index (χ1) is 9.85. The van der Waals surface area contributed by atoms with Gasteiger partial charge in [-0.25, -0.2) is 15.0 Å².